The van der Waals surface area contributed by atoms with Crippen molar-refractivity contribution >= 4 is 15.7 Å². The quantitative estimate of drug-likeness (QED) is 0.889. The minimum absolute atomic E-state index is 0.0748. The highest BCUT2D eigenvalue weighted by molar-refractivity contribution is 7.89. The molecule has 2 aromatic carbocycles. The number of anilines is 1. The van der Waals surface area contributed by atoms with Gasteiger partial charge in [0.2, 0.25) is 10.0 Å². The Balaban J connectivity index is 1.68. The molecule has 0 aliphatic carbocycles. The first-order chi connectivity index (χ1) is 12.4. The molecule has 0 bridgehead atoms. The molecule has 3 rings (SSSR count). The summed E-state index contributed by atoms with van der Waals surface area (Å²) in [6.07, 6.45) is 0.843. The average molecular weight is 377 g/mol. The lowest BCUT2D eigenvalue weighted by molar-refractivity contribution is 0.450. The SMILES string of the molecule is N#Cc1cc(F)c(N2CCC(NS(=O)(=O)c3ccccc3)CC2)c(F)c1. The number of hydrogen-bond donors (Lipinski definition) is 1. The zero-order valence-corrected chi connectivity index (χ0v) is 14.6. The molecule has 136 valence electrons. The molecule has 1 fully saturated rings. The van der Waals surface area contributed by atoms with Crippen LogP contribution in [-0.2, 0) is 10.0 Å². The van der Waals surface area contributed by atoms with Crippen LogP contribution in [0.25, 0.3) is 0 Å². The minimum Gasteiger partial charge on any atom is -0.367 e. The third-order valence-corrected chi connectivity index (χ3v) is 5.87. The lowest BCUT2D eigenvalue weighted by Gasteiger charge is -2.34. The molecule has 0 aromatic heterocycles. The highest BCUT2D eigenvalue weighted by Crippen LogP contribution is 2.28. The van der Waals surface area contributed by atoms with Crippen molar-refractivity contribution in [2.75, 3.05) is 18.0 Å². The van der Waals surface area contributed by atoms with Gasteiger partial charge in [-0.1, -0.05) is 18.2 Å². The van der Waals surface area contributed by atoms with Crippen LogP contribution in [0, 0.1) is 23.0 Å². The second-order valence-corrected chi connectivity index (χ2v) is 7.81. The number of nitrogens with zero attached hydrogens (tertiary/aromatic N) is 2. The van der Waals surface area contributed by atoms with E-state index in [0.29, 0.717) is 25.9 Å². The van der Waals surface area contributed by atoms with Gasteiger partial charge in [0.15, 0.2) is 11.6 Å². The van der Waals surface area contributed by atoms with Crippen molar-refractivity contribution in [1.82, 2.24) is 4.72 Å². The van der Waals surface area contributed by atoms with Gasteiger partial charge in [-0.25, -0.2) is 21.9 Å². The fourth-order valence-electron chi connectivity index (χ4n) is 3.04. The molecule has 0 amide bonds. The highest BCUT2D eigenvalue weighted by Gasteiger charge is 2.27. The maximum Gasteiger partial charge on any atom is 0.240 e. The molecule has 0 unspecified atom stereocenters. The van der Waals surface area contributed by atoms with Crippen LogP contribution in [0.4, 0.5) is 14.5 Å². The summed E-state index contributed by atoms with van der Waals surface area (Å²) in [7, 11) is -3.62. The molecule has 1 aliphatic rings. The van der Waals surface area contributed by atoms with Gasteiger partial charge in [-0.05, 0) is 37.1 Å². The third kappa shape index (κ3) is 3.84. The Labute approximate surface area is 150 Å². The van der Waals surface area contributed by atoms with E-state index in [1.54, 1.807) is 29.2 Å². The number of halogens is 2. The third-order valence-electron chi connectivity index (χ3n) is 4.33. The van der Waals surface area contributed by atoms with Crippen LogP contribution in [-0.4, -0.2) is 27.5 Å². The van der Waals surface area contributed by atoms with E-state index in [4.69, 9.17) is 5.26 Å². The maximum absolute atomic E-state index is 14.1. The Morgan fingerprint density at radius 1 is 1.08 bits per heavy atom. The predicted octanol–water partition coefficient (Wildman–Crippen LogP) is 2.78. The van der Waals surface area contributed by atoms with E-state index in [0.717, 1.165) is 12.1 Å². The summed E-state index contributed by atoms with van der Waals surface area (Å²) in [5.74, 6) is -1.57. The molecule has 1 N–H and O–H groups in total. The molecular weight excluding hydrogens is 360 g/mol. The summed E-state index contributed by atoms with van der Waals surface area (Å²) in [6, 6.07) is 11.5. The Morgan fingerprint density at radius 2 is 1.65 bits per heavy atom. The fourth-order valence-corrected chi connectivity index (χ4v) is 4.37. The van der Waals surface area contributed by atoms with Gasteiger partial charge in [0.25, 0.3) is 0 Å². The van der Waals surface area contributed by atoms with Gasteiger partial charge in [0.1, 0.15) is 5.69 Å². The van der Waals surface area contributed by atoms with Crippen molar-refractivity contribution in [2.24, 2.45) is 0 Å². The Hall–Kier alpha value is -2.50. The van der Waals surface area contributed by atoms with Gasteiger partial charge in [-0.3, -0.25) is 0 Å². The van der Waals surface area contributed by atoms with E-state index < -0.39 is 21.7 Å². The van der Waals surface area contributed by atoms with Crippen LogP contribution >= 0.6 is 0 Å². The Bertz CT molecular complexity index is 912. The second-order valence-electron chi connectivity index (χ2n) is 6.10. The van der Waals surface area contributed by atoms with Gasteiger partial charge >= 0.3 is 0 Å². The first-order valence-corrected chi connectivity index (χ1v) is 9.60. The molecule has 1 heterocycles. The summed E-state index contributed by atoms with van der Waals surface area (Å²) in [5.41, 5.74) is -0.248. The number of sulfonamides is 1. The smallest absolute Gasteiger partial charge is 0.240 e. The maximum atomic E-state index is 14.1. The van der Waals surface area contributed by atoms with Crippen molar-refractivity contribution < 1.29 is 17.2 Å². The lowest BCUT2D eigenvalue weighted by Crippen LogP contribution is -2.45. The Kier molecular flexibility index (Phi) is 5.20. The van der Waals surface area contributed by atoms with Crippen molar-refractivity contribution in [3.8, 4) is 6.07 Å². The summed E-state index contributed by atoms with van der Waals surface area (Å²) >= 11 is 0. The van der Waals surface area contributed by atoms with Crippen molar-refractivity contribution in [2.45, 2.75) is 23.8 Å². The molecule has 8 heteroatoms. The van der Waals surface area contributed by atoms with Gasteiger partial charge in [0.05, 0.1) is 16.5 Å². The van der Waals surface area contributed by atoms with Crippen LogP contribution in [0.3, 0.4) is 0 Å². The van der Waals surface area contributed by atoms with Gasteiger partial charge in [0, 0.05) is 19.1 Å². The normalized spacial score (nSPS) is 15.7. The first-order valence-electron chi connectivity index (χ1n) is 8.12. The number of benzene rings is 2. The molecule has 0 spiro atoms. The van der Waals surface area contributed by atoms with E-state index in [-0.39, 0.29) is 22.2 Å². The molecule has 1 saturated heterocycles. The van der Waals surface area contributed by atoms with E-state index >= 15 is 0 Å². The second kappa shape index (κ2) is 7.40. The van der Waals surface area contributed by atoms with Crippen molar-refractivity contribution in [3.05, 3.63) is 59.7 Å². The summed E-state index contributed by atoms with van der Waals surface area (Å²) in [4.78, 5) is 1.73. The summed E-state index contributed by atoms with van der Waals surface area (Å²) in [6.45, 7) is 0.615. The van der Waals surface area contributed by atoms with Crippen molar-refractivity contribution in [3.63, 3.8) is 0 Å². The van der Waals surface area contributed by atoms with E-state index in [2.05, 4.69) is 4.72 Å². The van der Waals surface area contributed by atoms with Crippen LogP contribution in [0.1, 0.15) is 18.4 Å². The van der Waals surface area contributed by atoms with E-state index in [9.17, 15) is 17.2 Å². The van der Waals surface area contributed by atoms with Crippen LogP contribution in [0.5, 0.6) is 0 Å². The zero-order valence-electron chi connectivity index (χ0n) is 13.8. The van der Waals surface area contributed by atoms with E-state index in [1.807, 2.05) is 0 Å². The average Bonchev–Trinajstić information content (AvgIpc) is 2.63. The van der Waals surface area contributed by atoms with Crippen LogP contribution < -0.4 is 9.62 Å². The zero-order chi connectivity index (χ0) is 18.7. The summed E-state index contributed by atoms with van der Waals surface area (Å²) < 4.78 is 55.6. The molecule has 2 aromatic rings. The number of piperidine rings is 1. The van der Waals surface area contributed by atoms with Crippen molar-refractivity contribution in [1.29, 1.82) is 5.26 Å². The number of nitriles is 1. The standard InChI is InChI=1S/C18H17F2N3O2S/c19-16-10-13(12-21)11-17(20)18(16)23-8-6-14(7-9-23)22-26(24,25)15-4-2-1-3-5-15/h1-5,10-11,14,22H,6-9H2. The largest absolute Gasteiger partial charge is 0.367 e. The Morgan fingerprint density at radius 3 is 2.19 bits per heavy atom. The van der Waals surface area contributed by atoms with Gasteiger partial charge in [-0.2, -0.15) is 5.26 Å². The topological polar surface area (TPSA) is 73.2 Å². The van der Waals surface area contributed by atoms with Gasteiger partial charge < -0.3 is 4.90 Å². The van der Waals surface area contributed by atoms with Crippen LogP contribution in [0.2, 0.25) is 0 Å². The van der Waals surface area contributed by atoms with Crippen LogP contribution in [0.15, 0.2) is 47.4 Å². The van der Waals surface area contributed by atoms with E-state index in [1.165, 1.54) is 12.1 Å². The van der Waals surface area contributed by atoms with Gasteiger partial charge in [-0.15, -0.1) is 0 Å². The molecule has 0 saturated carbocycles. The molecule has 26 heavy (non-hydrogen) atoms. The monoisotopic (exact) mass is 377 g/mol. The predicted molar refractivity (Wildman–Crippen MR) is 93.1 cm³/mol. The molecular formula is C18H17F2N3O2S. The lowest BCUT2D eigenvalue weighted by atomic mass is 10.0. The number of nitrogens with one attached hydrogen (secondary N) is 1. The number of hydrogen-bond acceptors (Lipinski definition) is 4. The first kappa shape index (κ1) is 18.3. The molecule has 0 atom stereocenters. The summed E-state index contributed by atoms with van der Waals surface area (Å²) in [5, 5.41) is 8.76. The molecule has 5 nitrogen and oxygen atoms in total. The minimum atomic E-state index is -3.62. The highest BCUT2D eigenvalue weighted by atomic mass is 32.2. The molecule has 1 aliphatic heterocycles. The number of rotatable bonds is 4. The molecule has 0 radical (unpaired) electrons. The fraction of sp³-hybridized carbons (Fsp3) is 0.278.